The molecule has 7 heteroatoms. The van der Waals surface area contributed by atoms with Gasteiger partial charge in [-0.25, -0.2) is 13.2 Å². The second-order valence-electron chi connectivity index (χ2n) is 4.11. The van der Waals surface area contributed by atoms with Gasteiger partial charge in [-0.1, -0.05) is 0 Å². The standard InChI is InChI=1S/C12H12N2O4S/c1-14-7-9(6-13-14)8-19(17,18)11-4-2-10(3-5-11)12(15)16/h2-7H,8H2,1H3,(H,15,16). The van der Waals surface area contributed by atoms with E-state index in [0.717, 1.165) is 0 Å². The van der Waals surface area contributed by atoms with E-state index in [4.69, 9.17) is 5.11 Å². The van der Waals surface area contributed by atoms with Crippen molar-refractivity contribution in [1.82, 2.24) is 9.78 Å². The van der Waals surface area contributed by atoms with Gasteiger partial charge in [-0.15, -0.1) is 0 Å². The number of nitrogens with zero attached hydrogens (tertiary/aromatic N) is 2. The fourth-order valence-electron chi connectivity index (χ4n) is 1.65. The van der Waals surface area contributed by atoms with Crippen molar-refractivity contribution < 1.29 is 18.3 Å². The van der Waals surface area contributed by atoms with E-state index in [1.54, 1.807) is 13.2 Å². The summed E-state index contributed by atoms with van der Waals surface area (Å²) in [5.74, 6) is -1.25. The number of aryl methyl sites for hydroxylation is 1. The molecule has 100 valence electrons. The number of rotatable bonds is 4. The normalized spacial score (nSPS) is 11.4. The minimum Gasteiger partial charge on any atom is -0.478 e. The molecule has 0 spiro atoms. The van der Waals surface area contributed by atoms with Crippen LogP contribution in [0.1, 0.15) is 15.9 Å². The maximum Gasteiger partial charge on any atom is 0.335 e. The van der Waals surface area contributed by atoms with Gasteiger partial charge in [-0.2, -0.15) is 5.10 Å². The highest BCUT2D eigenvalue weighted by Gasteiger charge is 2.16. The van der Waals surface area contributed by atoms with Crippen LogP contribution in [0, 0.1) is 0 Å². The van der Waals surface area contributed by atoms with Gasteiger partial charge < -0.3 is 5.11 Å². The highest BCUT2D eigenvalue weighted by molar-refractivity contribution is 7.90. The van der Waals surface area contributed by atoms with Crippen molar-refractivity contribution in [3.05, 3.63) is 47.8 Å². The molecule has 1 aromatic carbocycles. The lowest BCUT2D eigenvalue weighted by Crippen LogP contribution is -2.05. The molecule has 6 nitrogen and oxygen atoms in total. The van der Waals surface area contributed by atoms with Crippen molar-refractivity contribution in [3.63, 3.8) is 0 Å². The molecule has 1 N–H and O–H groups in total. The minimum absolute atomic E-state index is 0.0559. The summed E-state index contributed by atoms with van der Waals surface area (Å²) in [4.78, 5) is 10.8. The van der Waals surface area contributed by atoms with Crippen molar-refractivity contribution in [1.29, 1.82) is 0 Å². The van der Waals surface area contributed by atoms with Crippen LogP contribution in [0.15, 0.2) is 41.6 Å². The molecule has 0 atom stereocenters. The quantitative estimate of drug-likeness (QED) is 0.905. The molecule has 0 bridgehead atoms. The van der Waals surface area contributed by atoms with Crippen molar-refractivity contribution in [2.75, 3.05) is 0 Å². The average molecular weight is 280 g/mol. The van der Waals surface area contributed by atoms with E-state index < -0.39 is 15.8 Å². The van der Waals surface area contributed by atoms with Crippen LogP contribution in [-0.2, 0) is 22.6 Å². The molecule has 19 heavy (non-hydrogen) atoms. The van der Waals surface area contributed by atoms with Gasteiger partial charge in [0.25, 0.3) is 0 Å². The molecule has 1 heterocycles. The van der Waals surface area contributed by atoms with E-state index >= 15 is 0 Å². The van der Waals surface area contributed by atoms with Crippen LogP contribution < -0.4 is 0 Å². The maximum absolute atomic E-state index is 12.1. The van der Waals surface area contributed by atoms with Crippen LogP contribution in [0.3, 0.4) is 0 Å². The first-order chi connectivity index (χ1) is 8.88. The third kappa shape index (κ3) is 3.00. The number of aromatic nitrogens is 2. The third-order valence-electron chi connectivity index (χ3n) is 2.58. The fourth-order valence-corrected chi connectivity index (χ4v) is 2.96. The minimum atomic E-state index is -3.49. The molecule has 0 aliphatic heterocycles. The Morgan fingerprint density at radius 2 is 1.95 bits per heavy atom. The molecular weight excluding hydrogens is 268 g/mol. The van der Waals surface area contributed by atoms with E-state index in [1.807, 2.05) is 0 Å². The Morgan fingerprint density at radius 3 is 2.42 bits per heavy atom. The predicted molar refractivity (Wildman–Crippen MR) is 67.5 cm³/mol. The molecule has 0 amide bonds. The fraction of sp³-hybridized carbons (Fsp3) is 0.167. The lowest BCUT2D eigenvalue weighted by Gasteiger charge is -2.03. The molecular formula is C12H12N2O4S. The van der Waals surface area contributed by atoms with Crippen LogP contribution in [0.2, 0.25) is 0 Å². The smallest absolute Gasteiger partial charge is 0.335 e. The number of carbonyl (C=O) groups is 1. The van der Waals surface area contributed by atoms with E-state index in [9.17, 15) is 13.2 Å². The van der Waals surface area contributed by atoms with Crippen molar-refractivity contribution >= 4 is 15.8 Å². The van der Waals surface area contributed by atoms with E-state index in [1.165, 1.54) is 35.1 Å². The van der Waals surface area contributed by atoms with Crippen molar-refractivity contribution in [2.45, 2.75) is 10.6 Å². The molecule has 0 unspecified atom stereocenters. The maximum atomic E-state index is 12.1. The Bertz CT molecular complexity index is 702. The van der Waals surface area contributed by atoms with Crippen LogP contribution in [0.5, 0.6) is 0 Å². The topological polar surface area (TPSA) is 89.3 Å². The number of benzene rings is 1. The lowest BCUT2D eigenvalue weighted by molar-refractivity contribution is 0.0696. The summed E-state index contributed by atoms with van der Waals surface area (Å²) < 4.78 is 25.7. The summed E-state index contributed by atoms with van der Waals surface area (Å²) in [5.41, 5.74) is 0.644. The Labute approximate surface area is 110 Å². The molecule has 2 rings (SSSR count). The van der Waals surface area contributed by atoms with Gasteiger partial charge in [0.2, 0.25) is 0 Å². The van der Waals surface area contributed by atoms with Crippen LogP contribution in [0.4, 0.5) is 0 Å². The monoisotopic (exact) mass is 280 g/mol. The number of carboxylic acid groups (broad SMARTS) is 1. The first-order valence-corrected chi connectivity index (χ1v) is 7.07. The summed E-state index contributed by atoms with van der Waals surface area (Å²) in [5, 5.41) is 12.7. The van der Waals surface area contributed by atoms with E-state index in [2.05, 4.69) is 5.10 Å². The van der Waals surface area contributed by atoms with Crippen molar-refractivity contribution in [2.24, 2.45) is 7.05 Å². The molecule has 0 saturated heterocycles. The summed E-state index contributed by atoms with van der Waals surface area (Å²) >= 11 is 0. The SMILES string of the molecule is Cn1cc(CS(=O)(=O)c2ccc(C(=O)O)cc2)cn1. The van der Waals surface area contributed by atoms with Gasteiger partial charge in [0.05, 0.1) is 22.4 Å². The first kappa shape index (κ1) is 13.3. The van der Waals surface area contributed by atoms with Crippen LogP contribution in [-0.4, -0.2) is 29.3 Å². The van der Waals surface area contributed by atoms with E-state index in [-0.39, 0.29) is 16.2 Å². The number of hydrogen-bond acceptors (Lipinski definition) is 4. The zero-order chi connectivity index (χ0) is 14.0. The Hall–Kier alpha value is -2.15. The van der Waals surface area contributed by atoms with Crippen LogP contribution >= 0.6 is 0 Å². The summed E-state index contributed by atoms with van der Waals surface area (Å²) in [6.07, 6.45) is 3.12. The second kappa shape index (κ2) is 4.85. The Morgan fingerprint density at radius 1 is 1.32 bits per heavy atom. The van der Waals surface area contributed by atoms with Gasteiger partial charge in [0, 0.05) is 18.8 Å². The zero-order valence-electron chi connectivity index (χ0n) is 10.1. The van der Waals surface area contributed by atoms with Crippen molar-refractivity contribution in [3.8, 4) is 0 Å². The molecule has 0 saturated carbocycles. The van der Waals surface area contributed by atoms with Gasteiger partial charge >= 0.3 is 5.97 Å². The largest absolute Gasteiger partial charge is 0.478 e. The highest BCUT2D eigenvalue weighted by Crippen LogP contribution is 2.16. The number of hydrogen-bond donors (Lipinski definition) is 1. The summed E-state index contributed by atoms with van der Waals surface area (Å²) in [6, 6.07) is 5.15. The molecule has 1 aromatic heterocycles. The summed E-state index contributed by atoms with van der Waals surface area (Å²) in [7, 11) is -1.78. The first-order valence-electron chi connectivity index (χ1n) is 5.42. The molecule has 0 radical (unpaired) electrons. The third-order valence-corrected chi connectivity index (χ3v) is 4.28. The molecule has 0 aliphatic carbocycles. The van der Waals surface area contributed by atoms with Gasteiger partial charge in [0.1, 0.15) is 0 Å². The van der Waals surface area contributed by atoms with Gasteiger partial charge in [-0.05, 0) is 24.3 Å². The predicted octanol–water partition coefficient (Wildman–Crippen LogP) is 1.09. The highest BCUT2D eigenvalue weighted by atomic mass is 32.2. The second-order valence-corrected chi connectivity index (χ2v) is 6.10. The van der Waals surface area contributed by atoms with Gasteiger partial charge in [0.15, 0.2) is 9.84 Å². The van der Waals surface area contributed by atoms with Gasteiger partial charge in [-0.3, -0.25) is 4.68 Å². The molecule has 0 fully saturated rings. The van der Waals surface area contributed by atoms with Crippen LogP contribution in [0.25, 0.3) is 0 Å². The average Bonchev–Trinajstić information content (AvgIpc) is 2.74. The number of sulfone groups is 1. The number of carboxylic acids is 1. The Kier molecular flexibility index (Phi) is 3.39. The van der Waals surface area contributed by atoms with E-state index in [0.29, 0.717) is 5.56 Å². The Balaban J connectivity index is 2.26. The summed E-state index contributed by atoms with van der Waals surface area (Å²) in [6.45, 7) is 0. The number of aromatic carboxylic acids is 1. The lowest BCUT2D eigenvalue weighted by atomic mass is 10.2. The molecule has 0 aliphatic rings. The molecule has 2 aromatic rings. The zero-order valence-corrected chi connectivity index (χ0v) is 11.0.